The topological polar surface area (TPSA) is 59.6 Å². The third kappa shape index (κ3) is 2.49. The summed E-state index contributed by atoms with van der Waals surface area (Å²) >= 11 is 0. The molecule has 2 N–H and O–H groups in total. The first kappa shape index (κ1) is 13.8. The second kappa shape index (κ2) is 4.81. The summed E-state index contributed by atoms with van der Waals surface area (Å²) in [6.45, 7) is 0. The second-order valence-corrected chi connectivity index (χ2v) is 6.11. The van der Waals surface area contributed by atoms with E-state index >= 15 is 0 Å². The van der Waals surface area contributed by atoms with Crippen LogP contribution in [-0.2, 0) is 0 Å². The first-order valence-corrected chi connectivity index (χ1v) is 7.45. The molecule has 1 aromatic rings. The number of nitrogens with one attached hydrogen (secondary N) is 2. The lowest BCUT2D eigenvalue weighted by Crippen LogP contribution is -2.48. The van der Waals surface area contributed by atoms with E-state index in [1.165, 1.54) is 18.2 Å². The molecule has 7 heteroatoms. The maximum atomic E-state index is 13.0. The van der Waals surface area contributed by atoms with Crippen LogP contribution < -0.4 is 20.1 Å². The maximum absolute atomic E-state index is 13.0. The van der Waals surface area contributed by atoms with Crippen LogP contribution in [0.15, 0.2) is 18.2 Å². The molecule has 3 aliphatic heterocycles. The van der Waals surface area contributed by atoms with Crippen molar-refractivity contribution in [3.8, 4) is 11.5 Å². The van der Waals surface area contributed by atoms with Gasteiger partial charge in [-0.15, -0.1) is 8.78 Å². The van der Waals surface area contributed by atoms with Gasteiger partial charge in [0.25, 0.3) is 5.91 Å². The molecular formula is C15H16F2N2O3. The number of alkyl halides is 2. The normalized spacial score (nSPS) is 31.1. The molecule has 0 radical (unpaired) electrons. The fourth-order valence-corrected chi connectivity index (χ4v) is 3.53. The van der Waals surface area contributed by atoms with Crippen LogP contribution in [0.25, 0.3) is 0 Å². The van der Waals surface area contributed by atoms with E-state index < -0.39 is 6.29 Å². The third-order valence-corrected chi connectivity index (χ3v) is 4.47. The molecule has 5 nitrogen and oxygen atoms in total. The summed E-state index contributed by atoms with van der Waals surface area (Å²) in [6, 6.07) is 5.16. The Labute approximate surface area is 126 Å². The largest absolute Gasteiger partial charge is 0.586 e. The van der Waals surface area contributed by atoms with Crippen molar-refractivity contribution in [3.63, 3.8) is 0 Å². The molecule has 3 aliphatic rings. The van der Waals surface area contributed by atoms with Crippen LogP contribution in [0.5, 0.6) is 11.5 Å². The average Bonchev–Trinajstić information content (AvgIpc) is 2.95. The SMILES string of the molecule is O=C(NC1C[C@H]2CC[C@@H](C1)N2)c1ccc2c(c1)OC(F)(F)O2. The first-order valence-electron chi connectivity index (χ1n) is 7.45. The Morgan fingerprint density at radius 2 is 1.86 bits per heavy atom. The molecule has 3 atom stereocenters. The van der Waals surface area contributed by atoms with Gasteiger partial charge in [0.1, 0.15) is 0 Å². The van der Waals surface area contributed by atoms with Crippen molar-refractivity contribution in [2.24, 2.45) is 0 Å². The number of rotatable bonds is 2. The standard InChI is InChI=1S/C15H16F2N2O3/c16-15(17)21-12-4-1-8(5-13(12)22-15)14(20)19-11-6-9-2-3-10(7-11)18-9/h1,4-5,9-11,18H,2-3,6-7H2,(H,19,20)/t9-,10+,11?. The van der Waals surface area contributed by atoms with Crippen molar-refractivity contribution in [1.29, 1.82) is 0 Å². The van der Waals surface area contributed by atoms with Crippen molar-refractivity contribution in [2.45, 2.75) is 50.1 Å². The zero-order valence-corrected chi connectivity index (χ0v) is 11.8. The van der Waals surface area contributed by atoms with Gasteiger partial charge in [0, 0.05) is 23.7 Å². The minimum absolute atomic E-state index is 0.0542. The average molecular weight is 310 g/mol. The lowest BCUT2D eigenvalue weighted by molar-refractivity contribution is -0.286. The van der Waals surface area contributed by atoms with Crippen LogP contribution in [0.1, 0.15) is 36.0 Å². The summed E-state index contributed by atoms with van der Waals surface area (Å²) in [5.41, 5.74) is 0.297. The molecule has 0 saturated carbocycles. The quantitative estimate of drug-likeness (QED) is 0.877. The van der Waals surface area contributed by atoms with Gasteiger partial charge in [0.15, 0.2) is 11.5 Å². The van der Waals surface area contributed by atoms with Gasteiger partial charge in [-0.25, -0.2) is 0 Å². The molecule has 2 bridgehead atoms. The van der Waals surface area contributed by atoms with Gasteiger partial charge in [-0.3, -0.25) is 4.79 Å². The Morgan fingerprint density at radius 1 is 1.18 bits per heavy atom. The Morgan fingerprint density at radius 3 is 2.59 bits per heavy atom. The van der Waals surface area contributed by atoms with Crippen molar-refractivity contribution in [3.05, 3.63) is 23.8 Å². The van der Waals surface area contributed by atoms with Crippen LogP contribution in [-0.4, -0.2) is 30.3 Å². The molecule has 1 aromatic carbocycles. The van der Waals surface area contributed by atoms with Crippen LogP contribution in [0.2, 0.25) is 0 Å². The fraction of sp³-hybridized carbons (Fsp3) is 0.533. The Bertz CT molecular complexity index is 611. The van der Waals surface area contributed by atoms with E-state index in [0.29, 0.717) is 17.6 Å². The molecule has 2 saturated heterocycles. The number of ether oxygens (including phenoxy) is 2. The van der Waals surface area contributed by atoms with Crippen molar-refractivity contribution in [1.82, 2.24) is 10.6 Å². The summed E-state index contributed by atoms with van der Waals surface area (Å²) in [4.78, 5) is 12.3. The van der Waals surface area contributed by atoms with Gasteiger partial charge < -0.3 is 20.1 Å². The van der Waals surface area contributed by atoms with E-state index in [9.17, 15) is 13.6 Å². The lowest BCUT2D eigenvalue weighted by atomic mass is 9.99. The minimum Gasteiger partial charge on any atom is -0.395 e. The first-order chi connectivity index (χ1) is 10.5. The number of piperidine rings is 1. The van der Waals surface area contributed by atoms with E-state index in [1.807, 2.05) is 0 Å². The smallest absolute Gasteiger partial charge is 0.395 e. The number of fused-ring (bicyclic) bond motifs is 3. The molecule has 1 amide bonds. The van der Waals surface area contributed by atoms with Gasteiger partial charge in [-0.1, -0.05) is 0 Å². The highest BCUT2D eigenvalue weighted by molar-refractivity contribution is 5.95. The van der Waals surface area contributed by atoms with Gasteiger partial charge in [0.05, 0.1) is 0 Å². The zero-order chi connectivity index (χ0) is 15.3. The number of halogens is 2. The molecule has 22 heavy (non-hydrogen) atoms. The summed E-state index contributed by atoms with van der Waals surface area (Å²) in [5, 5.41) is 6.49. The van der Waals surface area contributed by atoms with E-state index in [-0.39, 0.29) is 23.4 Å². The number of benzene rings is 1. The minimum atomic E-state index is -3.66. The zero-order valence-electron chi connectivity index (χ0n) is 11.8. The molecule has 0 aromatic heterocycles. The summed E-state index contributed by atoms with van der Waals surface area (Å²) in [6.07, 6.45) is 0.452. The molecule has 2 fully saturated rings. The van der Waals surface area contributed by atoms with E-state index in [0.717, 1.165) is 25.7 Å². The monoisotopic (exact) mass is 310 g/mol. The van der Waals surface area contributed by atoms with Gasteiger partial charge in [0.2, 0.25) is 0 Å². The molecular weight excluding hydrogens is 294 g/mol. The van der Waals surface area contributed by atoms with Crippen molar-refractivity contribution < 1.29 is 23.0 Å². The van der Waals surface area contributed by atoms with E-state index in [1.54, 1.807) is 0 Å². The molecule has 4 rings (SSSR count). The predicted octanol–water partition coefficient (Wildman–Crippen LogP) is 2.02. The number of carbonyl (C=O) groups excluding carboxylic acids is 1. The maximum Gasteiger partial charge on any atom is 0.586 e. The van der Waals surface area contributed by atoms with Crippen molar-refractivity contribution in [2.75, 3.05) is 0 Å². The van der Waals surface area contributed by atoms with Gasteiger partial charge >= 0.3 is 6.29 Å². The highest BCUT2D eigenvalue weighted by Crippen LogP contribution is 2.41. The second-order valence-electron chi connectivity index (χ2n) is 6.11. The van der Waals surface area contributed by atoms with Crippen LogP contribution in [0, 0.1) is 0 Å². The van der Waals surface area contributed by atoms with Crippen LogP contribution in [0.4, 0.5) is 8.78 Å². The molecule has 3 heterocycles. The highest BCUT2D eigenvalue weighted by atomic mass is 19.3. The number of amides is 1. The Kier molecular flexibility index (Phi) is 3.00. The van der Waals surface area contributed by atoms with E-state index in [2.05, 4.69) is 20.1 Å². The molecule has 0 spiro atoms. The summed E-state index contributed by atoms with van der Waals surface area (Å²) in [5.74, 6) is -0.433. The molecule has 1 unspecified atom stereocenters. The Balaban J connectivity index is 1.45. The Hall–Kier alpha value is -1.89. The summed E-state index contributed by atoms with van der Waals surface area (Å²) in [7, 11) is 0. The van der Waals surface area contributed by atoms with Gasteiger partial charge in [-0.2, -0.15) is 0 Å². The number of hydrogen-bond donors (Lipinski definition) is 2. The predicted molar refractivity (Wildman–Crippen MR) is 73.1 cm³/mol. The lowest BCUT2D eigenvalue weighted by Gasteiger charge is -2.29. The number of carbonyl (C=O) groups is 1. The number of hydrogen-bond acceptors (Lipinski definition) is 4. The molecule has 118 valence electrons. The summed E-state index contributed by atoms with van der Waals surface area (Å²) < 4.78 is 34.7. The van der Waals surface area contributed by atoms with Gasteiger partial charge in [-0.05, 0) is 43.9 Å². The van der Waals surface area contributed by atoms with Crippen molar-refractivity contribution >= 4 is 5.91 Å². The van der Waals surface area contributed by atoms with Crippen LogP contribution in [0.3, 0.4) is 0 Å². The fourth-order valence-electron chi connectivity index (χ4n) is 3.53. The van der Waals surface area contributed by atoms with Crippen LogP contribution >= 0.6 is 0 Å². The third-order valence-electron chi connectivity index (χ3n) is 4.47. The molecule has 0 aliphatic carbocycles. The van der Waals surface area contributed by atoms with E-state index in [4.69, 9.17) is 0 Å². The highest BCUT2D eigenvalue weighted by Gasteiger charge is 2.43.